The maximum absolute atomic E-state index is 9.66. The number of benzene rings is 1. The van der Waals surface area contributed by atoms with Gasteiger partial charge in [0.05, 0.1) is 24.5 Å². The highest BCUT2D eigenvalue weighted by Crippen LogP contribution is 2.27. The summed E-state index contributed by atoms with van der Waals surface area (Å²) in [4.78, 5) is 15.6. The van der Waals surface area contributed by atoms with Crippen molar-refractivity contribution < 1.29 is 9.47 Å². The van der Waals surface area contributed by atoms with Gasteiger partial charge in [0.2, 0.25) is 0 Å². The van der Waals surface area contributed by atoms with Crippen molar-refractivity contribution in [3.8, 4) is 23.1 Å². The van der Waals surface area contributed by atoms with Crippen molar-refractivity contribution in [3.63, 3.8) is 0 Å². The largest absolute Gasteiger partial charge is 0.489 e. The first-order valence-corrected chi connectivity index (χ1v) is 10.8. The fourth-order valence-electron chi connectivity index (χ4n) is 3.77. The van der Waals surface area contributed by atoms with E-state index in [1.54, 1.807) is 6.20 Å². The molecule has 0 radical (unpaired) electrons. The zero-order valence-corrected chi connectivity index (χ0v) is 18.5. The molecule has 7 nitrogen and oxygen atoms in total. The van der Waals surface area contributed by atoms with Crippen LogP contribution in [0.2, 0.25) is 0 Å². The molecular weight excluding hydrogens is 402 g/mol. The average molecular weight is 430 g/mol. The minimum atomic E-state index is 0.0872. The van der Waals surface area contributed by atoms with E-state index in [2.05, 4.69) is 27.0 Å². The second-order valence-corrected chi connectivity index (χ2v) is 8.23. The Kier molecular flexibility index (Phi) is 7.05. The van der Waals surface area contributed by atoms with Gasteiger partial charge in [-0.2, -0.15) is 5.26 Å². The Hall–Kier alpha value is -3.34. The average Bonchev–Trinajstić information content (AvgIpc) is 2.80. The van der Waals surface area contributed by atoms with Gasteiger partial charge in [-0.1, -0.05) is 6.07 Å². The van der Waals surface area contributed by atoms with Gasteiger partial charge in [0.25, 0.3) is 0 Å². The summed E-state index contributed by atoms with van der Waals surface area (Å²) in [6, 6.07) is 11.9. The molecule has 3 heterocycles. The number of pyridine rings is 1. The van der Waals surface area contributed by atoms with E-state index in [1.165, 1.54) is 0 Å². The Bertz CT molecular complexity index is 1100. The molecule has 0 unspecified atom stereocenters. The molecular formula is C25H27N5O2. The number of ether oxygens (including phenoxy) is 2. The lowest BCUT2D eigenvalue weighted by atomic mass is 10.1. The van der Waals surface area contributed by atoms with Gasteiger partial charge >= 0.3 is 0 Å². The Balaban J connectivity index is 1.52. The first-order valence-electron chi connectivity index (χ1n) is 10.8. The zero-order valence-electron chi connectivity index (χ0n) is 18.5. The molecule has 0 amide bonds. The van der Waals surface area contributed by atoms with Gasteiger partial charge in [0.1, 0.15) is 23.7 Å². The number of aromatic nitrogens is 3. The van der Waals surface area contributed by atoms with E-state index < -0.39 is 0 Å². The first kappa shape index (κ1) is 21.9. The van der Waals surface area contributed by atoms with Crippen LogP contribution in [0.25, 0.3) is 11.3 Å². The predicted molar refractivity (Wildman–Crippen MR) is 121 cm³/mol. The van der Waals surface area contributed by atoms with Crippen molar-refractivity contribution in [2.75, 3.05) is 27.3 Å². The number of nitriles is 1. The zero-order chi connectivity index (χ0) is 22.3. The fraction of sp³-hybridized carbons (Fsp3) is 0.360. The molecule has 7 heteroatoms. The second kappa shape index (κ2) is 10.3. The highest BCUT2D eigenvalue weighted by atomic mass is 16.5. The van der Waals surface area contributed by atoms with Gasteiger partial charge in [0, 0.05) is 50.0 Å². The molecule has 1 aliphatic heterocycles. The molecule has 164 valence electrons. The van der Waals surface area contributed by atoms with Crippen LogP contribution in [-0.4, -0.2) is 53.3 Å². The molecule has 2 aromatic heterocycles. The summed E-state index contributed by atoms with van der Waals surface area (Å²) in [5.74, 6) is 1.33. The molecule has 0 N–H and O–H groups in total. The van der Waals surface area contributed by atoms with Crippen LogP contribution in [0, 0.1) is 11.3 Å². The number of nitrogens with zero attached hydrogens (tertiary/aromatic N) is 5. The SMILES string of the molecule is CN(C)Cc1cncc(Cc2nccc(-c3ccc(OC4CCOCC4)c(C#N)c3)n2)c1. The highest BCUT2D eigenvalue weighted by Gasteiger charge is 2.17. The molecule has 1 fully saturated rings. The molecule has 0 saturated carbocycles. The van der Waals surface area contributed by atoms with Crippen molar-refractivity contribution in [1.82, 2.24) is 19.9 Å². The molecule has 1 aromatic carbocycles. The minimum absolute atomic E-state index is 0.0872. The van der Waals surface area contributed by atoms with E-state index in [0.29, 0.717) is 36.8 Å². The molecule has 0 spiro atoms. The van der Waals surface area contributed by atoms with Crippen LogP contribution in [0.1, 0.15) is 35.4 Å². The van der Waals surface area contributed by atoms with Crippen LogP contribution >= 0.6 is 0 Å². The third-order valence-electron chi connectivity index (χ3n) is 5.28. The lowest BCUT2D eigenvalue weighted by Crippen LogP contribution is -2.26. The summed E-state index contributed by atoms with van der Waals surface area (Å²) in [7, 11) is 4.07. The van der Waals surface area contributed by atoms with Crippen LogP contribution in [0.15, 0.2) is 48.9 Å². The Morgan fingerprint density at radius 2 is 1.94 bits per heavy atom. The monoisotopic (exact) mass is 429 g/mol. The van der Waals surface area contributed by atoms with Gasteiger partial charge < -0.3 is 14.4 Å². The van der Waals surface area contributed by atoms with Crippen molar-refractivity contribution in [2.24, 2.45) is 0 Å². The normalized spacial score (nSPS) is 14.3. The topological polar surface area (TPSA) is 84.2 Å². The lowest BCUT2D eigenvalue weighted by molar-refractivity contribution is 0.0254. The third kappa shape index (κ3) is 5.67. The first-order chi connectivity index (χ1) is 15.6. The van der Waals surface area contributed by atoms with E-state index in [-0.39, 0.29) is 6.10 Å². The summed E-state index contributed by atoms with van der Waals surface area (Å²) >= 11 is 0. The van der Waals surface area contributed by atoms with E-state index in [4.69, 9.17) is 14.5 Å². The molecule has 4 rings (SSSR count). The second-order valence-electron chi connectivity index (χ2n) is 8.23. The van der Waals surface area contributed by atoms with E-state index in [9.17, 15) is 5.26 Å². The Morgan fingerprint density at radius 1 is 1.12 bits per heavy atom. The van der Waals surface area contributed by atoms with Crippen LogP contribution in [-0.2, 0) is 17.7 Å². The smallest absolute Gasteiger partial charge is 0.137 e. The van der Waals surface area contributed by atoms with Crippen LogP contribution < -0.4 is 4.74 Å². The lowest BCUT2D eigenvalue weighted by Gasteiger charge is -2.23. The highest BCUT2D eigenvalue weighted by molar-refractivity contribution is 5.64. The maximum Gasteiger partial charge on any atom is 0.137 e. The van der Waals surface area contributed by atoms with Gasteiger partial charge in [-0.15, -0.1) is 0 Å². The van der Waals surface area contributed by atoms with Crippen molar-refractivity contribution in [1.29, 1.82) is 5.26 Å². The van der Waals surface area contributed by atoms with E-state index in [1.807, 2.05) is 50.8 Å². The number of hydrogen-bond donors (Lipinski definition) is 0. The Labute approximate surface area is 188 Å². The summed E-state index contributed by atoms with van der Waals surface area (Å²) in [5.41, 5.74) is 4.38. The maximum atomic E-state index is 9.66. The third-order valence-corrected chi connectivity index (χ3v) is 5.28. The quantitative estimate of drug-likeness (QED) is 0.567. The van der Waals surface area contributed by atoms with Gasteiger partial charge in [-0.25, -0.2) is 9.97 Å². The summed E-state index contributed by atoms with van der Waals surface area (Å²) in [6.45, 7) is 2.23. The molecule has 0 atom stereocenters. The van der Waals surface area contributed by atoms with E-state index >= 15 is 0 Å². The molecule has 32 heavy (non-hydrogen) atoms. The van der Waals surface area contributed by atoms with Crippen molar-refractivity contribution in [2.45, 2.75) is 31.9 Å². The molecule has 0 bridgehead atoms. The van der Waals surface area contributed by atoms with Crippen LogP contribution in [0.5, 0.6) is 5.75 Å². The fourth-order valence-corrected chi connectivity index (χ4v) is 3.77. The predicted octanol–water partition coefficient (Wildman–Crippen LogP) is 3.62. The van der Waals surface area contributed by atoms with Crippen molar-refractivity contribution >= 4 is 0 Å². The summed E-state index contributed by atoms with van der Waals surface area (Å²) in [6.07, 6.45) is 7.86. The molecule has 3 aromatic rings. The van der Waals surface area contributed by atoms with E-state index in [0.717, 1.165) is 41.8 Å². The molecule has 0 aliphatic carbocycles. The molecule has 1 aliphatic rings. The number of rotatable bonds is 7. The van der Waals surface area contributed by atoms with Crippen LogP contribution in [0.4, 0.5) is 0 Å². The number of hydrogen-bond acceptors (Lipinski definition) is 7. The molecule has 1 saturated heterocycles. The minimum Gasteiger partial charge on any atom is -0.489 e. The summed E-state index contributed by atoms with van der Waals surface area (Å²) < 4.78 is 11.4. The van der Waals surface area contributed by atoms with Gasteiger partial charge in [0.15, 0.2) is 0 Å². The van der Waals surface area contributed by atoms with Crippen molar-refractivity contribution in [3.05, 3.63) is 71.4 Å². The standard InChI is InChI=1S/C25H27N5O2/c1-30(2)17-19-11-18(15-27-16-19)12-25-28-8-5-23(29-25)20-3-4-24(21(13-20)14-26)32-22-6-9-31-10-7-22/h3-5,8,11,13,15-16,22H,6-7,9-10,12,17H2,1-2H3. The van der Waals surface area contributed by atoms with Gasteiger partial charge in [-0.3, -0.25) is 4.98 Å². The van der Waals surface area contributed by atoms with Crippen LogP contribution in [0.3, 0.4) is 0 Å². The Morgan fingerprint density at radius 3 is 2.72 bits per heavy atom. The van der Waals surface area contributed by atoms with Gasteiger partial charge in [-0.05, 0) is 49.5 Å². The summed E-state index contributed by atoms with van der Waals surface area (Å²) in [5, 5.41) is 9.66.